The summed E-state index contributed by atoms with van der Waals surface area (Å²) in [5, 5.41) is 0.677. The SMILES string of the molecule is O=C(c1ccccc1NS(=O)(=O)c1ccccc1)N1CCN(c2cccc(Cl)c2)CC1. The smallest absolute Gasteiger partial charge is 0.261 e. The van der Waals surface area contributed by atoms with E-state index in [0.29, 0.717) is 36.8 Å². The lowest BCUT2D eigenvalue weighted by molar-refractivity contribution is 0.0748. The molecule has 31 heavy (non-hydrogen) atoms. The van der Waals surface area contributed by atoms with Crippen molar-refractivity contribution in [2.24, 2.45) is 0 Å². The van der Waals surface area contributed by atoms with E-state index in [1.54, 1.807) is 47.4 Å². The van der Waals surface area contributed by atoms with Gasteiger partial charge in [0.25, 0.3) is 15.9 Å². The summed E-state index contributed by atoms with van der Waals surface area (Å²) in [4.78, 5) is 17.3. The highest BCUT2D eigenvalue weighted by Crippen LogP contribution is 2.24. The molecule has 0 aromatic heterocycles. The van der Waals surface area contributed by atoms with Gasteiger partial charge in [-0.25, -0.2) is 8.42 Å². The highest BCUT2D eigenvalue weighted by Gasteiger charge is 2.25. The number of carbonyl (C=O) groups is 1. The van der Waals surface area contributed by atoms with Crippen molar-refractivity contribution in [3.05, 3.63) is 89.4 Å². The zero-order chi connectivity index (χ0) is 21.8. The molecule has 6 nitrogen and oxygen atoms in total. The lowest BCUT2D eigenvalue weighted by Gasteiger charge is -2.36. The molecular weight excluding hydrogens is 434 g/mol. The van der Waals surface area contributed by atoms with Gasteiger partial charge in [0, 0.05) is 36.9 Å². The minimum atomic E-state index is -3.79. The number of carbonyl (C=O) groups excluding carboxylic acids is 1. The number of hydrogen-bond acceptors (Lipinski definition) is 4. The summed E-state index contributed by atoms with van der Waals surface area (Å²) in [5.41, 5.74) is 1.63. The van der Waals surface area contributed by atoms with Gasteiger partial charge in [-0.15, -0.1) is 0 Å². The van der Waals surface area contributed by atoms with Crippen LogP contribution in [0.5, 0.6) is 0 Å². The summed E-state index contributed by atoms with van der Waals surface area (Å²) in [6, 6.07) is 22.4. The van der Waals surface area contributed by atoms with Crippen molar-refractivity contribution in [3.63, 3.8) is 0 Å². The van der Waals surface area contributed by atoms with Gasteiger partial charge in [-0.3, -0.25) is 9.52 Å². The van der Waals surface area contributed by atoms with Crippen molar-refractivity contribution in [1.29, 1.82) is 0 Å². The quantitative estimate of drug-likeness (QED) is 0.628. The number of piperazine rings is 1. The minimum absolute atomic E-state index is 0.146. The Morgan fingerprint density at radius 3 is 2.23 bits per heavy atom. The van der Waals surface area contributed by atoms with Crippen LogP contribution in [0.1, 0.15) is 10.4 Å². The fourth-order valence-corrected chi connectivity index (χ4v) is 4.86. The first kappa shape index (κ1) is 21.2. The molecule has 1 fully saturated rings. The maximum atomic E-state index is 13.2. The third-order valence-corrected chi connectivity index (χ3v) is 6.81. The van der Waals surface area contributed by atoms with Crippen LogP contribution in [0.25, 0.3) is 0 Å². The van der Waals surface area contributed by atoms with Crippen LogP contribution < -0.4 is 9.62 Å². The predicted molar refractivity (Wildman–Crippen MR) is 123 cm³/mol. The Kier molecular flexibility index (Phi) is 6.15. The van der Waals surface area contributed by atoms with E-state index in [4.69, 9.17) is 11.6 Å². The van der Waals surface area contributed by atoms with Crippen LogP contribution >= 0.6 is 11.6 Å². The molecule has 3 aromatic carbocycles. The Labute approximate surface area is 187 Å². The Morgan fingerprint density at radius 2 is 1.52 bits per heavy atom. The summed E-state index contributed by atoms with van der Waals surface area (Å²) >= 11 is 6.09. The van der Waals surface area contributed by atoms with E-state index in [9.17, 15) is 13.2 Å². The number of nitrogens with one attached hydrogen (secondary N) is 1. The second-order valence-corrected chi connectivity index (χ2v) is 9.34. The van der Waals surface area contributed by atoms with Crippen molar-refractivity contribution < 1.29 is 13.2 Å². The number of halogens is 1. The summed E-state index contributed by atoms with van der Waals surface area (Å²) in [6.45, 7) is 2.41. The summed E-state index contributed by atoms with van der Waals surface area (Å²) in [6.07, 6.45) is 0. The predicted octanol–water partition coefficient (Wildman–Crippen LogP) is 4.10. The molecule has 8 heteroatoms. The third-order valence-electron chi connectivity index (χ3n) is 5.20. The zero-order valence-electron chi connectivity index (χ0n) is 16.7. The van der Waals surface area contributed by atoms with Crippen molar-refractivity contribution in [3.8, 4) is 0 Å². The molecule has 0 bridgehead atoms. The molecule has 1 aliphatic heterocycles. The average molecular weight is 456 g/mol. The number of sulfonamides is 1. The number of para-hydroxylation sites is 1. The Bertz CT molecular complexity index is 1180. The van der Waals surface area contributed by atoms with E-state index in [0.717, 1.165) is 5.69 Å². The molecule has 4 rings (SSSR count). The first-order chi connectivity index (χ1) is 14.9. The molecule has 1 amide bonds. The molecule has 1 heterocycles. The number of hydrogen-bond donors (Lipinski definition) is 1. The molecule has 1 saturated heterocycles. The van der Waals surface area contributed by atoms with Gasteiger partial charge in [0.05, 0.1) is 16.1 Å². The first-order valence-corrected chi connectivity index (χ1v) is 11.8. The Hall–Kier alpha value is -3.03. The van der Waals surface area contributed by atoms with E-state index >= 15 is 0 Å². The van der Waals surface area contributed by atoms with E-state index in [1.165, 1.54) is 12.1 Å². The van der Waals surface area contributed by atoms with Crippen molar-refractivity contribution >= 4 is 38.9 Å². The van der Waals surface area contributed by atoms with Crippen LogP contribution in [0.4, 0.5) is 11.4 Å². The van der Waals surface area contributed by atoms with Crippen LogP contribution in [-0.4, -0.2) is 45.4 Å². The highest BCUT2D eigenvalue weighted by molar-refractivity contribution is 7.92. The topological polar surface area (TPSA) is 69.7 Å². The Balaban J connectivity index is 1.49. The number of anilines is 2. The molecule has 1 N–H and O–H groups in total. The van der Waals surface area contributed by atoms with E-state index < -0.39 is 10.0 Å². The van der Waals surface area contributed by atoms with Gasteiger partial charge in [0.1, 0.15) is 0 Å². The zero-order valence-corrected chi connectivity index (χ0v) is 18.3. The fraction of sp³-hybridized carbons (Fsp3) is 0.174. The van der Waals surface area contributed by atoms with Crippen LogP contribution in [0, 0.1) is 0 Å². The monoisotopic (exact) mass is 455 g/mol. The third kappa shape index (κ3) is 4.84. The maximum Gasteiger partial charge on any atom is 0.261 e. The number of nitrogens with zero attached hydrogens (tertiary/aromatic N) is 2. The first-order valence-electron chi connectivity index (χ1n) is 9.91. The van der Waals surface area contributed by atoms with Crippen LogP contribution in [0.15, 0.2) is 83.8 Å². The average Bonchev–Trinajstić information content (AvgIpc) is 2.79. The molecule has 0 radical (unpaired) electrons. The summed E-state index contributed by atoms with van der Waals surface area (Å²) in [5.74, 6) is -0.197. The van der Waals surface area contributed by atoms with Gasteiger partial charge < -0.3 is 9.80 Å². The van der Waals surface area contributed by atoms with E-state index in [1.807, 2.05) is 24.3 Å². The van der Waals surface area contributed by atoms with Gasteiger partial charge in [-0.05, 0) is 42.5 Å². The second-order valence-electron chi connectivity index (χ2n) is 7.22. The van der Waals surface area contributed by atoms with Crippen molar-refractivity contribution in [1.82, 2.24) is 4.90 Å². The van der Waals surface area contributed by atoms with Crippen LogP contribution in [-0.2, 0) is 10.0 Å². The number of amides is 1. The molecule has 3 aromatic rings. The van der Waals surface area contributed by atoms with Gasteiger partial charge in [0.15, 0.2) is 0 Å². The van der Waals surface area contributed by atoms with Gasteiger partial charge in [0.2, 0.25) is 0 Å². The van der Waals surface area contributed by atoms with Gasteiger partial charge in [-0.2, -0.15) is 0 Å². The van der Waals surface area contributed by atoms with E-state index in [-0.39, 0.29) is 16.5 Å². The number of benzene rings is 3. The molecule has 0 unspecified atom stereocenters. The summed E-state index contributed by atoms with van der Waals surface area (Å²) in [7, 11) is -3.79. The number of rotatable bonds is 5. The minimum Gasteiger partial charge on any atom is -0.368 e. The lowest BCUT2D eigenvalue weighted by atomic mass is 10.1. The Morgan fingerprint density at radius 1 is 0.839 bits per heavy atom. The molecule has 1 aliphatic rings. The largest absolute Gasteiger partial charge is 0.368 e. The van der Waals surface area contributed by atoms with Crippen LogP contribution in [0.2, 0.25) is 5.02 Å². The van der Waals surface area contributed by atoms with Gasteiger partial charge in [-0.1, -0.05) is 48.0 Å². The van der Waals surface area contributed by atoms with Crippen molar-refractivity contribution in [2.45, 2.75) is 4.90 Å². The molecular formula is C23H22ClN3O3S. The van der Waals surface area contributed by atoms with Crippen molar-refractivity contribution in [2.75, 3.05) is 35.8 Å². The van der Waals surface area contributed by atoms with E-state index in [2.05, 4.69) is 9.62 Å². The maximum absolute atomic E-state index is 13.2. The molecule has 0 saturated carbocycles. The van der Waals surface area contributed by atoms with Crippen LogP contribution in [0.3, 0.4) is 0 Å². The molecule has 0 aliphatic carbocycles. The van der Waals surface area contributed by atoms with Gasteiger partial charge >= 0.3 is 0 Å². The lowest BCUT2D eigenvalue weighted by Crippen LogP contribution is -2.49. The molecule has 0 spiro atoms. The normalized spacial score (nSPS) is 14.4. The second kappa shape index (κ2) is 8.99. The molecule has 160 valence electrons. The fourth-order valence-electron chi connectivity index (χ4n) is 3.57. The standard InChI is InChI=1S/C23H22ClN3O3S/c24-18-7-6-8-19(17-18)26-13-15-27(16-14-26)23(28)21-11-4-5-12-22(21)25-31(29,30)20-9-2-1-3-10-20/h1-12,17,25H,13-16H2. The summed E-state index contributed by atoms with van der Waals surface area (Å²) < 4.78 is 28.0. The highest BCUT2D eigenvalue weighted by atomic mass is 35.5. The molecule has 0 atom stereocenters.